The third kappa shape index (κ3) is 6.22. The molecule has 5 rings (SSSR count). The Labute approximate surface area is 266 Å². The Morgan fingerprint density at radius 3 is 2.20 bits per heavy atom. The average Bonchev–Trinajstić information content (AvgIpc) is 3.01. The minimum atomic E-state index is -4.73. The summed E-state index contributed by atoms with van der Waals surface area (Å²) in [6, 6.07) is 20.5. The molecule has 1 unspecified atom stereocenters. The van der Waals surface area contributed by atoms with Gasteiger partial charge >= 0.3 is 22.1 Å². The van der Waals surface area contributed by atoms with Gasteiger partial charge in [0.1, 0.15) is 5.75 Å². The zero-order valence-electron chi connectivity index (χ0n) is 25.6. The van der Waals surface area contributed by atoms with Crippen LogP contribution in [0.3, 0.4) is 0 Å². The highest BCUT2D eigenvalue weighted by Crippen LogP contribution is 2.37. The van der Waals surface area contributed by atoms with Crippen molar-refractivity contribution >= 4 is 49.9 Å². The Hall–Kier alpha value is -5.06. The molecule has 5 aromatic rings. The number of carboxylic acid groups (broad SMARTS) is 2. The Morgan fingerprint density at radius 2 is 1.59 bits per heavy atom. The van der Waals surface area contributed by atoms with Crippen molar-refractivity contribution in [2.75, 3.05) is 7.11 Å². The van der Waals surface area contributed by atoms with Gasteiger partial charge in [-0.25, -0.2) is 9.59 Å². The predicted octanol–water partition coefficient (Wildman–Crippen LogP) is 7.02. The first kappa shape index (κ1) is 32.3. The number of hydrogen-bond acceptors (Lipinski definition) is 5. The minimum Gasteiger partial charge on any atom is -0.497 e. The zero-order chi connectivity index (χ0) is 33.3. The first-order chi connectivity index (χ1) is 21.8. The number of pyridine rings is 1. The monoisotopic (exact) mass is 640 g/mol. The fraction of sp³-hybridized carbons (Fsp3) is 0.194. The molecule has 1 heterocycles. The number of fused-ring (bicyclic) bond motifs is 2. The van der Waals surface area contributed by atoms with Gasteiger partial charge in [-0.1, -0.05) is 36.9 Å². The average molecular weight is 641 g/mol. The largest absolute Gasteiger partial charge is 0.497 e. The van der Waals surface area contributed by atoms with E-state index in [-0.39, 0.29) is 17.5 Å². The van der Waals surface area contributed by atoms with E-state index in [1.807, 2.05) is 26.0 Å². The van der Waals surface area contributed by atoms with E-state index in [0.29, 0.717) is 46.0 Å². The molecule has 1 aromatic heterocycles. The van der Waals surface area contributed by atoms with Crippen LogP contribution in [-0.2, 0) is 16.5 Å². The maximum Gasteiger partial charge on any atom is 0.337 e. The van der Waals surface area contributed by atoms with E-state index < -0.39 is 27.4 Å². The highest BCUT2D eigenvalue weighted by atomic mass is 32.2. The number of aromatic carboxylic acids is 2. The quantitative estimate of drug-likeness (QED) is 0.0794. The Balaban J connectivity index is 1.78. The van der Waals surface area contributed by atoms with Gasteiger partial charge in [0, 0.05) is 18.6 Å². The minimum absolute atomic E-state index is 0.00494. The van der Waals surface area contributed by atoms with Crippen LogP contribution in [0.25, 0.3) is 39.0 Å². The number of carbonyl (C=O) groups is 2. The number of nitrogens with zero attached hydrogens (tertiary/aromatic N) is 1. The van der Waals surface area contributed by atoms with Crippen molar-refractivity contribution in [3.8, 4) is 16.9 Å². The van der Waals surface area contributed by atoms with E-state index in [1.165, 1.54) is 16.7 Å². The van der Waals surface area contributed by atoms with E-state index in [4.69, 9.17) is 4.74 Å². The molecule has 0 aliphatic heterocycles. The van der Waals surface area contributed by atoms with E-state index in [1.54, 1.807) is 61.7 Å². The second-order valence-corrected chi connectivity index (χ2v) is 12.9. The number of carboxylic acids is 2. The summed E-state index contributed by atoms with van der Waals surface area (Å²) in [5.74, 6) is -1.61. The van der Waals surface area contributed by atoms with E-state index in [9.17, 15) is 32.8 Å². The number of rotatable bonds is 11. The fourth-order valence-corrected chi connectivity index (χ4v) is 6.99. The van der Waals surface area contributed by atoms with E-state index in [0.717, 1.165) is 27.8 Å². The first-order valence-electron chi connectivity index (χ1n) is 14.6. The van der Waals surface area contributed by atoms with Gasteiger partial charge in [0.25, 0.3) is 5.37 Å². The van der Waals surface area contributed by atoms with Crippen molar-refractivity contribution < 1.29 is 42.1 Å². The summed E-state index contributed by atoms with van der Waals surface area (Å²) in [7, 11) is -3.17. The zero-order valence-corrected chi connectivity index (χ0v) is 26.5. The summed E-state index contributed by atoms with van der Waals surface area (Å²) in [6.45, 7) is 7.62. The molecule has 0 aliphatic carbocycles. The normalized spacial score (nSPS) is 12.3. The molecular weight excluding hydrogens is 606 g/mol. The Bertz CT molecular complexity index is 2140. The van der Waals surface area contributed by atoms with Crippen molar-refractivity contribution in [1.82, 2.24) is 0 Å². The lowest BCUT2D eigenvalue weighted by molar-refractivity contribution is -0.652. The van der Waals surface area contributed by atoms with Crippen LogP contribution in [0.1, 0.15) is 61.2 Å². The number of benzene rings is 4. The smallest absolute Gasteiger partial charge is 0.337 e. The maximum atomic E-state index is 13.2. The number of aromatic nitrogens is 1. The third-order valence-electron chi connectivity index (χ3n) is 8.29. The molecule has 0 aliphatic rings. The van der Waals surface area contributed by atoms with Crippen LogP contribution in [-0.4, -0.2) is 42.2 Å². The number of ether oxygens (including phenoxy) is 1. The maximum absolute atomic E-state index is 13.2. The second kappa shape index (κ2) is 12.7. The van der Waals surface area contributed by atoms with Crippen LogP contribution in [0.15, 0.2) is 79.4 Å². The summed E-state index contributed by atoms with van der Waals surface area (Å²) in [5.41, 5.74) is 5.44. The first-order valence-corrected chi connectivity index (χ1v) is 16.1. The molecular formula is C36H34NO8S+. The van der Waals surface area contributed by atoms with E-state index in [2.05, 4.69) is 6.58 Å². The lowest BCUT2D eigenvalue weighted by Crippen LogP contribution is -2.45. The van der Waals surface area contributed by atoms with Crippen LogP contribution in [0, 0.1) is 13.8 Å². The third-order valence-corrected chi connectivity index (χ3v) is 9.42. The highest BCUT2D eigenvalue weighted by molar-refractivity contribution is 7.85. The van der Waals surface area contributed by atoms with Gasteiger partial charge in [0.2, 0.25) is 11.0 Å². The summed E-state index contributed by atoms with van der Waals surface area (Å²) in [5, 5.41) is 18.9. The molecule has 9 nitrogen and oxygen atoms in total. The molecule has 10 heteroatoms. The van der Waals surface area contributed by atoms with Crippen molar-refractivity contribution in [2.24, 2.45) is 0 Å². The summed E-state index contributed by atoms with van der Waals surface area (Å²) in [4.78, 5) is 24.0. The molecule has 0 saturated carbocycles. The number of aryl methyl sites for hydroxylation is 3. The summed E-state index contributed by atoms with van der Waals surface area (Å²) < 4.78 is 44.2. The van der Waals surface area contributed by atoms with Crippen LogP contribution in [0.2, 0.25) is 0 Å². The molecule has 236 valence electrons. The molecule has 0 fully saturated rings. The van der Waals surface area contributed by atoms with Crippen LogP contribution >= 0.6 is 0 Å². The molecule has 0 spiro atoms. The molecule has 1 atom stereocenters. The molecule has 0 saturated heterocycles. The Kier molecular flexibility index (Phi) is 8.96. The molecule has 4 aromatic carbocycles. The summed E-state index contributed by atoms with van der Waals surface area (Å²) in [6.07, 6.45) is 2.44. The van der Waals surface area contributed by atoms with Crippen LogP contribution in [0.5, 0.6) is 5.75 Å². The van der Waals surface area contributed by atoms with Crippen molar-refractivity contribution in [2.45, 2.75) is 38.5 Å². The highest BCUT2D eigenvalue weighted by Gasteiger charge is 2.38. The van der Waals surface area contributed by atoms with Gasteiger partial charge in [0.15, 0.2) is 0 Å². The molecule has 46 heavy (non-hydrogen) atoms. The fourth-order valence-electron chi connectivity index (χ4n) is 6.03. The lowest BCUT2D eigenvalue weighted by atomic mass is 9.91. The van der Waals surface area contributed by atoms with Gasteiger partial charge < -0.3 is 14.9 Å². The van der Waals surface area contributed by atoms with Crippen LogP contribution in [0.4, 0.5) is 0 Å². The predicted molar refractivity (Wildman–Crippen MR) is 177 cm³/mol. The number of methoxy groups -OCH3 is 1. The number of hydrogen-bond donors (Lipinski definition) is 3. The van der Waals surface area contributed by atoms with Gasteiger partial charge in [-0.05, 0) is 96.5 Å². The van der Waals surface area contributed by atoms with Gasteiger partial charge in [-0.15, -0.1) is 0 Å². The Morgan fingerprint density at radius 1 is 0.891 bits per heavy atom. The SMILES string of the molecule is C=Cc1ccc(OC)cc1-c1cc2c(cc1C)c(C(=O)O)c1ccc(C)cc1[n+]2C(CCCc1ccc(C(=O)O)cc1)S(=O)(=O)O. The van der Waals surface area contributed by atoms with E-state index >= 15 is 0 Å². The van der Waals surface area contributed by atoms with Gasteiger partial charge in [-0.2, -0.15) is 13.0 Å². The molecule has 0 radical (unpaired) electrons. The molecule has 0 bridgehead atoms. The van der Waals surface area contributed by atoms with Crippen LogP contribution < -0.4 is 9.30 Å². The van der Waals surface area contributed by atoms with Crippen molar-refractivity contribution in [3.05, 3.63) is 113 Å². The van der Waals surface area contributed by atoms with Crippen molar-refractivity contribution in [3.63, 3.8) is 0 Å². The second-order valence-electron chi connectivity index (χ2n) is 11.3. The van der Waals surface area contributed by atoms with Gasteiger partial charge in [0.05, 0.1) is 29.0 Å². The van der Waals surface area contributed by atoms with Gasteiger partial charge in [-0.3, -0.25) is 4.55 Å². The standard InChI is InChI=1S/C36H33NO8S/c1-5-24-14-15-26(45-4)19-29(24)28-20-32-30(18-22(28)3)34(36(40)41)27-16-9-21(2)17-31(27)37(32)33(46(42,43)44)8-6-7-23-10-12-25(13-11-23)35(38)39/h5,9-20,33H,1,6-8H2,2-4H3,(H2-,38,39,40,41,42,43,44)/p+1. The lowest BCUT2D eigenvalue weighted by Gasteiger charge is -2.18. The summed E-state index contributed by atoms with van der Waals surface area (Å²) >= 11 is 0. The topological polar surface area (TPSA) is 142 Å². The molecule has 0 amide bonds. The van der Waals surface area contributed by atoms with Crippen molar-refractivity contribution in [1.29, 1.82) is 0 Å². The molecule has 3 N–H and O–H groups in total.